The second-order valence-electron chi connectivity index (χ2n) is 4.08. The van der Waals surface area contributed by atoms with E-state index in [4.69, 9.17) is 22.1 Å². The molecule has 102 valence electrons. The standard InChI is InChI=1S/C11H17ClN2O3S/c1-7(2)14-18(15,16)10-5-9(12)4-8(6-13)11(10)17-3/h4-5,7,14H,6,13H2,1-3H3. The number of hydrogen-bond acceptors (Lipinski definition) is 4. The van der Waals surface area contributed by atoms with Gasteiger partial charge < -0.3 is 10.5 Å². The third kappa shape index (κ3) is 3.35. The fraction of sp³-hybridized carbons (Fsp3) is 0.455. The lowest BCUT2D eigenvalue weighted by atomic mass is 10.2. The first-order valence-electron chi connectivity index (χ1n) is 5.40. The molecule has 5 nitrogen and oxygen atoms in total. The summed E-state index contributed by atoms with van der Waals surface area (Å²) in [7, 11) is -2.27. The Labute approximate surface area is 112 Å². The molecule has 0 aliphatic carbocycles. The topological polar surface area (TPSA) is 81.4 Å². The maximum atomic E-state index is 12.2. The summed E-state index contributed by atoms with van der Waals surface area (Å²) < 4.78 is 31.9. The van der Waals surface area contributed by atoms with Crippen molar-refractivity contribution in [3.8, 4) is 5.75 Å². The number of benzene rings is 1. The van der Waals surface area contributed by atoms with E-state index in [0.717, 1.165) is 0 Å². The molecule has 0 aliphatic heterocycles. The molecule has 1 rings (SSSR count). The summed E-state index contributed by atoms with van der Waals surface area (Å²) in [6, 6.07) is 2.72. The van der Waals surface area contributed by atoms with Gasteiger partial charge in [-0.25, -0.2) is 13.1 Å². The van der Waals surface area contributed by atoms with Crippen LogP contribution < -0.4 is 15.2 Å². The molecule has 3 N–H and O–H groups in total. The van der Waals surface area contributed by atoms with Gasteiger partial charge >= 0.3 is 0 Å². The fourth-order valence-electron chi connectivity index (χ4n) is 1.58. The van der Waals surface area contributed by atoms with Crippen molar-refractivity contribution < 1.29 is 13.2 Å². The largest absolute Gasteiger partial charge is 0.495 e. The Balaban J connectivity index is 3.44. The van der Waals surface area contributed by atoms with Gasteiger partial charge in [-0.1, -0.05) is 11.6 Å². The number of sulfonamides is 1. The highest BCUT2D eigenvalue weighted by atomic mass is 35.5. The number of ether oxygens (including phenoxy) is 1. The van der Waals surface area contributed by atoms with Crippen LogP contribution in [0.15, 0.2) is 17.0 Å². The van der Waals surface area contributed by atoms with Gasteiger partial charge in [0, 0.05) is 23.2 Å². The number of methoxy groups -OCH3 is 1. The van der Waals surface area contributed by atoms with Crippen LogP contribution in [0.4, 0.5) is 0 Å². The van der Waals surface area contributed by atoms with E-state index < -0.39 is 10.0 Å². The molecule has 0 saturated carbocycles. The molecule has 0 aliphatic rings. The Hall–Kier alpha value is -0.820. The lowest BCUT2D eigenvalue weighted by Crippen LogP contribution is -2.30. The van der Waals surface area contributed by atoms with Gasteiger partial charge in [0.1, 0.15) is 10.6 Å². The molecule has 1 aromatic rings. The van der Waals surface area contributed by atoms with Crippen molar-refractivity contribution >= 4 is 21.6 Å². The van der Waals surface area contributed by atoms with E-state index in [1.54, 1.807) is 19.9 Å². The summed E-state index contributed by atoms with van der Waals surface area (Å²) in [5.41, 5.74) is 6.10. The van der Waals surface area contributed by atoms with Gasteiger partial charge in [-0.2, -0.15) is 0 Å². The molecule has 7 heteroatoms. The summed E-state index contributed by atoms with van der Waals surface area (Å²) in [4.78, 5) is 0.00616. The van der Waals surface area contributed by atoms with Gasteiger partial charge in [0.2, 0.25) is 10.0 Å². The fourth-order valence-corrected chi connectivity index (χ4v) is 3.37. The molecule has 0 saturated heterocycles. The van der Waals surface area contributed by atoms with Gasteiger partial charge in [-0.15, -0.1) is 0 Å². The van der Waals surface area contributed by atoms with Gasteiger partial charge in [0.05, 0.1) is 7.11 Å². The molecule has 0 bridgehead atoms. The second-order valence-corrected chi connectivity index (χ2v) is 6.20. The van der Waals surface area contributed by atoms with E-state index in [-0.39, 0.29) is 23.2 Å². The molecule has 1 aromatic carbocycles. The molecule has 0 unspecified atom stereocenters. The van der Waals surface area contributed by atoms with Crippen LogP contribution in [0.5, 0.6) is 5.75 Å². The average Bonchev–Trinajstić information content (AvgIpc) is 2.26. The van der Waals surface area contributed by atoms with Crippen molar-refractivity contribution in [1.82, 2.24) is 4.72 Å². The lowest BCUT2D eigenvalue weighted by Gasteiger charge is -2.15. The zero-order valence-electron chi connectivity index (χ0n) is 10.5. The Kier molecular flexibility index (Phi) is 4.98. The smallest absolute Gasteiger partial charge is 0.244 e. The van der Waals surface area contributed by atoms with Gasteiger partial charge in [-0.05, 0) is 26.0 Å². The minimum absolute atomic E-state index is 0.00616. The molecule has 0 radical (unpaired) electrons. The van der Waals surface area contributed by atoms with E-state index in [9.17, 15) is 8.42 Å². The minimum atomic E-state index is -3.67. The molecule has 0 atom stereocenters. The van der Waals surface area contributed by atoms with Crippen LogP contribution in [0, 0.1) is 0 Å². The molecule has 0 aromatic heterocycles. The zero-order chi connectivity index (χ0) is 13.9. The van der Waals surface area contributed by atoms with Crippen molar-refractivity contribution in [1.29, 1.82) is 0 Å². The van der Waals surface area contributed by atoms with Gasteiger partial charge in [0.15, 0.2) is 0 Å². The molecule has 0 spiro atoms. The van der Waals surface area contributed by atoms with E-state index in [1.807, 2.05) is 0 Å². The van der Waals surface area contributed by atoms with Crippen molar-refractivity contribution in [3.63, 3.8) is 0 Å². The van der Waals surface area contributed by atoms with E-state index in [0.29, 0.717) is 10.6 Å². The number of nitrogens with two attached hydrogens (primary N) is 1. The third-order valence-corrected chi connectivity index (χ3v) is 4.08. The van der Waals surface area contributed by atoms with E-state index >= 15 is 0 Å². The van der Waals surface area contributed by atoms with Crippen LogP contribution in [0.3, 0.4) is 0 Å². The Bertz CT molecular complexity index is 529. The van der Waals surface area contributed by atoms with Crippen LogP contribution >= 0.6 is 11.6 Å². The van der Waals surface area contributed by atoms with Crippen LogP contribution in [-0.2, 0) is 16.6 Å². The molecule has 0 heterocycles. The van der Waals surface area contributed by atoms with Gasteiger partial charge in [0.25, 0.3) is 0 Å². The summed E-state index contributed by atoms with van der Waals surface area (Å²) in [5.74, 6) is 0.232. The number of hydrogen-bond donors (Lipinski definition) is 2. The Morgan fingerprint density at radius 1 is 1.44 bits per heavy atom. The highest BCUT2D eigenvalue weighted by Crippen LogP contribution is 2.31. The number of nitrogens with one attached hydrogen (secondary N) is 1. The summed E-state index contributed by atoms with van der Waals surface area (Å²) >= 11 is 5.90. The summed E-state index contributed by atoms with van der Waals surface area (Å²) in [5, 5.41) is 0.306. The minimum Gasteiger partial charge on any atom is -0.495 e. The predicted molar refractivity (Wildman–Crippen MR) is 71.4 cm³/mol. The number of halogens is 1. The van der Waals surface area contributed by atoms with Crippen molar-refractivity contribution in [2.75, 3.05) is 7.11 Å². The molecular formula is C11H17ClN2O3S. The monoisotopic (exact) mass is 292 g/mol. The van der Waals surface area contributed by atoms with Crippen molar-refractivity contribution in [2.45, 2.75) is 31.3 Å². The summed E-state index contributed by atoms with van der Waals surface area (Å²) in [6.07, 6.45) is 0. The van der Waals surface area contributed by atoms with Crippen LogP contribution in [0.1, 0.15) is 19.4 Å². The lowest BCUT2D eigenvalue weighted by molar-refractivity contribution is 0.397. The Morgan fingerprint density at radius 2 is 2.06 bits per heavy atom. The first kappa shape index (κ1) is 15.2. The van der Waals surface area contributed by atoms with Crippen molar-refractivity contribution in [2.24, 2.45) is 5.73 Å². The van der Waals surface area contributed by atoms with Crippen LogP contribution in [-0.4, -0.2) is 21.6 Å². The first-order valence-corrected chi connectivity index (χ1v) is 7.26. The highest BCUT2D eigenvalue weighted by molar-refractivity contribution is 7.89. The molecule has 0 fully saturated rings. The molecule has 18 heavy (non-hydrogen) atoms. The first-order chi connectivity index (χ1) is 8.31. The highest BCUT2D eigenvalue weighted by Gasteiger charge is 2.23. The normalized spacial score (nSPS) is 11.9. The Morgan fingerprint density at radius 3 is 2.50 bits per heavy atom. The summed E-state index contributed by atoms with van der Waals surface area (Å²) in [6.45, 7) is 3.62. The third-order valence-electron chi connectivity index (χ3n) is 2.20. The van der Waals surface area contributed by atoms with Crippen LogP contribution in [0.25, 0.3) is 0 Å². The predicted octanol–water partition coefficient (Wildman–Crippen LogP) is 1.49. The number of rotatable bonds is 5. The van der Waals surface area contributed by atoms with E-state index in [1.165, 1.54) is 13.2 Å². The second kappa shape index (κ2) is 5.88. The SMILES string of the molecule is COc1c(CN)cc(Cl)cc1S(=O)(=O)NC(C)C. The van der Waals surface area contributed by atoms with E-state index in [2.05, 4.69) is 4.72 Å². The van der Waals surface area contributed by atoms with Crippen molar-refractivity contribution in [3.05, 3.63) is 22.7 Å². The zero-order valence-corrected chi connectivity index (χ0v) is 12.1. The van der Waals surface area contributed by atoms with Crippen LogP contribution in [0.2, 0.25) is 5.02 Å². The average molecular weight is 293 g/mol. The molecule has 0 amide bonds. The molecular weight excluding hydrogens is 276 g/mol. The van der Waals surface area contributed by atoms with Gasteiger partial charge in [-0.3, -0.25) is 0 Å². The quantitative estimate of drug-likeness (QED) is 0.861. The maximum Gasteiger partial charge on any atom is 0.244 e. The maximum absolute atomic E-state index is 12.2.